The van der Waals surface area contributed by atoms with Crippen LogP contribution >= 0.6 is 0 Å². The normalized spacial score (nSPS) is 13.7. The SMILES string of the molecule is c1ccc(-c2nc(-c3ccccc3)nc(-n3c4ccccc4c4c5c(ccc43)-c3ccccc3C5[n+]3ccccc3)n2)cc1. The Balaban J connectivity index is 1.38. The molecule has 0 fully saturated rings. The molecule has 0 amide bonds. The molecule has 0 spiro atoms. The Morgan fingerprint density at radius 3 is 1.84 bits per heavy atom. The summed E-state index contributed by atoms with van der Waals surface area (Å²) in [4.78, 5) is 15.2. The van der Waals surface area contributed by atoms with Crippen molar-refractivity contribution in [2.75, 3.05) is 0 Å². The lowest BCUT2D eigenvalue weighted by Gasteiger charge is -2.12. The summed E-state index contributed by atoms with van der Waals surface area (Å²) in [5.74, 6) is 1.89. The highest BCUT2D eigenvalue weighted by atomic mass is 15.2. The first-order chi connectivity index (χ1) is 21.8. The van der Waals surface area contributed by atoms with Crippen LogP contribution < -0.4 is 4.57 Å². The fourth-order valence-electron chi connectivity index (χ4n) is 6.75. The van der Waals surface area contributed by atoms with Crippen LogP contribution in [0, 0.1) is 0 Å². The van der Waals surface area contributed by atoms with Crippen molar-refractivity contribution in [2.45, 2.75) is 6.04 Å². The van der Waals surface area contributed by atoms with Gasteiger partial charge in [-0.05, 0) is 23.3 Å². The zero-order valence-corrected chi connectivity index (χ0v) is 23.7. The third-order valence-electron chi connectivity index (χ3n) is 8.62. The first kappa shape index (κ1) is 24.6. The molecule has 1 aliphatic carbocycles. The molecule has 0 saturated heterocycles. The first-order valence-electron chi connectivity index (χ1n) is 14.8. The van der Waals surface area contributed by atoms with Crippen LogP contribution in [-0.2, 0) is 0 Å². The smallest absolute Gasteiger partial charge is 0.238 e. The zero-order chi connectivity index (χ0) is 29.0. The maximum Gasteiger partial charge on any atom is 0.238 e. The predicted octanol–water partition coefficient (Wildman–Crippen LogP) is 8.21. The van der Waals surface area contributed by atoms with Crippen LogP contribution in [0.4, 0.5) is 0 Å². The Morgan fingerprint density at radius 2 is 1.11 bits per heavy atom. The molecule has 8 aromatic rings. The maximum absolute atomic E-state index is 5.12. The molecule has 5 nitrogen and oxygen atoms in total. The van der Waals surface area contributed by atoms with E-state index in [4.69, 9.17) is 15.0 Å². The maximum atomic E-state index is 5.12. The molecule has 3 aromatic heterocycles. The minimum absolute atomic E-state index is 0.0449. The molecule has 0 N–H and O–H groups in total. The summed E-state index contributed by atoms with van der Waals surface area (Å²) in [6.07, 6.45) is 4.33. The van der Waals surface area contributed by atoms with Gasteiger partial charge in [-0.2, -0.15) is 14.5 Å². The van der Waals surface area contributed by atoms with Gasteiger partial charge < -0.3 is 0 Å². The largest absolute Gasteiger partial charge is 0.278 e. The molecular weight excluding hydrogens is 538 g/mol. The molecule has 44 heavy (non-hydrogen) atoms. The summed E-state index contributed by atoms with van der Waals surface area (Å²) < 4.78 is 4.53. The van der Waals surface area contributed by atoms with Gasteiger partial charge in [0.25, 0.3) is 0 Å². The number of hydrogen-bond acceptors (Lipinski definition) is 3. The lowest BCUT2D eigenvalue weighted by Crippen LogP contribution is -2.38. The van der Waals surface area contributed by atoms with Crippen LogP contribution in [0.1, 0.15) is 17.2 Å². The van der Waals surface area contributed by atoms with Gasteiger partial charge in [0.2, 0.25) is 12.0 Å². The van der Waals surface area contributed by atoms with Gasteiger partial charge >= 0.3 is 0 Å². The summed E-state index contributed by atoms with van der Waals surface area (Å²) in [5, 5.41) is 2.40. The molecule has 0 bridgehead atoms. The highest BCUT2D eigenvalue weighted by Gasteiger charge is 2.38. The fourth-order valence-corrected chi connectivity index (χ4v) is 6.75. The predicted molar refractivity (Wildman–Crippen MR) is 174 cm³/mol. The van der Waals surface area contributed by atoms with E-state index in [-0.39, 0.29) is 6.04 Å². The molecule has 206 valence electrons. The molecule has 3 heterocycles. The van der Waals surface area contributed by atoms with E-state index in [1.807, 2.05) is 60.7 Å². The van der Waals surface area contributed by atoms with Crippen molar-refractivity contribution in [3.63, 3.8) is 0 Å². The quantitative estimate of drug-likeness (QED) is 0.202. The van der Waals surface area contributed by atoms with E-state index in [0.29, 0.717) is 17.6 Å². The third-order valence-corrected chi connectivity index (χ3v) is 8.62. The monoisotopic (exact) mass is 564 g/mol. The summed E-state index contributed by atoms with van der Waals surface area (Å²) in [5.41, 5.74) is 9.19. The summed E-state index contributed by atoms with van der Waals surface area (Å²) >= 11 is 0. The Hall–Kier alpha value is -5.94. The number of benzene rings is 5. The first-order valence-corrected chi connectivity index (χ1v) is 14.8. The lowest BCUT2D eigenvalue weighted by molar-refractivity contribution is -0.704. The summed E-state index contributed by atoms with van der Waals surface area (Å²) in [7, 11) is 0. The standard InChI is InChI=1S/C39H26N5/c1-4-14-26(15-5-1)37-40-38(27-16-6-2-7-17-27)42-39(41-37)44-32-21-11-10-20-31(32)34-33(44)23-22-29-28-18-8-9-19-30(28)36(35(29)34)43-24-12-3-13-25-43/h1-25,36H/q+1. The van der Waals surface area contributed by atoms with E-state index >= 15 is 0 Å². The average molecular weight is 565 g/mol. The van der Waals surface area contributed by atoms with Gasteiger partial charge in [0.05, 0.1) is 11.0 Å². The number of pyridine rings is 1. The van der Waals surface area contributed by atoms with Crippen molar-refractivity contribution < 1.29 is 4.57 Å². The number of rotatable bonds is 4. The van der Waals surface area contributed by atoms with Crippen molar-refractivity contribution in [3.8, 4) is 39.9 Å². The Labute approximate surface area is 254 Å². The molecule has 1 aliphatic rings. The summed E-state index contributed by atoms with van der Waals surface area (Å²) in [6.45, 7) is 0. The molecular formula is C39H26N5+. The Kier molecular flexibility index (Phi) is 5.50. The van der Waals surface area contributed by atoms with Crippen molar-refractivity contribution in [1.29, 1.82) is 0 Å². The summed E-state index contributed by atoms with van der Waals surface area (Å²) in [6, 6.07) is 48.5. The van der Waals surface area contributed by atoms with Gasteiger partial charge in [0.1, 0.15) is 0 Å². The topological polar surface area (TPSA) is 47.5 Å². The second-order valence-electron chi connectivity index (χ2n) is 11.1. The number of aromatic nitrogens is 5. The number of nitrogens with zero attached hydrogens (tertiary/aromatic N) is 5. The van der Waals surface area contributed by atoms with Crippen LogP contribution in [0.5, 0.6) is 0 Å². The molecule has 0 radical (unpaired) electrons. The minimum Gasteiger partial charge on any atom is -0.278 e. The van der Waals surface area contributed by atoms with Crippen molar-refractivity contribution in [3.05, 3.63) is 163 Å². The van der Waals surface area contributed by atoms with Crippen LogP contribution in [0.2, 0.25) is 0 Å². The molecule has 1 atom stereocenters. The molecule has 0 aliphatic heterocycles. The van der Waals surface area contributed by atoms with Crippen molar-refractivity contribution in [1.82, 2.24) is 19.5 Å². The number of hydrogen-bond donors (Lipinski definition) is 0. The zero-order valence-electron chi connectivity index (χ0n) is 23.7. The third kappa shape index (κ3) is 3.73. The van der Waals surface area contributed by atoms with Gasteiger partial charge in [-0.25, -0.2) is 4.98 Å². The van der Waals surface area contributed by atoms with E-state index in [0.717, 1.165) is 22.2 Å². The van der Waals surface area contributed by atoms with Crippen molar-refractivity contribution >= 4 is 21.8 Å². The van der Waals surface area contributed by atoms with Gasteiger partial charge in [0, 0.05) is 45.2 Å². The van der Waals surface area contributed by atoms with E-state index in [9.17, 15) is 0 Å². The van der Waals surface area contributed by atoms with Gasteiger partial charge in [0.15, 0.2) is 24.0 Å². The molecule has 0 saturated carbocycles. The second-order valence-corrected chi connectivity index (χ2v) is 11.1. The van der Waals surface area contributed by atoms with Gasteiger partial charge in [-0.15, -0.1) is 0 Å². The van der Waals surface area contributed by atoms with Crippen LogP contribution in [0.3, 0.4) is 0 Å². The number of para-hydroxylation sites is 1. The number of fused-ring (bicyclic) bond motifs is 7. The van der Waals surface area contributed by atoms with Crippen LogP contribution in [-0.4, -0.2) is 19.5 Å². The minimum atomic E-state index is 0.0449. The van der Waals surface area contributed by atoms with E-state index in [1.165, 1.54) is 33.0 Å². The molecule has 9 rings (SSSR count). The van der Waals surface area contributed by atoms with Gasteiger partial charge in [-0.1, -0.05) is 115 Å². The highest BCUT2D eigenvalue weighted by molar-refractivity contribution is 6.13. The van der Waals surface area contributed by atoms with Crippen LogP contribution in [0.25, 0.3) is 61.7 Å². The van der Waals surface area contributed by atoms with Crippen molar-refractivity contribution in [2.24, 2.45) is 0 Å². The Bertz CT molecular complexity index is 2270. The van der Waals surface area contributed by atoms with Crippen LogP contribution in [0.15, 0.2) is 152 Å². The molecule has 5 heteroatoms. The molecule has 1 unspecified atom stereocenters. The lowest BCUT2D eigenvalue weighted by atomic mass is 9.98. The van der Waals surface area contributed by atoms with Gasteiger partial charge in [-0.3, -0.25) is 4.57 Å². The molecule has 5 aromatic carbocycles. The second kappa shape index (κ2) is 9.82. The average Bonchev–Trinajstić information content (AvgIpc) is 3.62. The fraction of sp³-hybridized carbons (Fsp3) is 0.0256. The highest BCUT2D eigenvalue weighted by Crippen LogP contribution is 2.49. The Morgan fingerprint density at radius 1 is 0.500 bits per heavy atom. The van der Waals surface area contributed by atoms with E-state index in [2.05, 4.69) is 100 Å². The van der Waals surface area contributed by atoms with E-state index in [1.54, 1.807) is 0 Å². The van der Waals surface area contributed by atoms with E-state index < -0.39 is 0 Å².